The lowest BCUT2D eigenvalue weighted by Crippen LogP contribution is -2.52. The lowest BCUT2D eigenvalue weighted by atomic mass is 9.86. The fourth-order valence-corrected chi connectivity index (χ4v) is 2.28. The summed E-state index contributed by atoms with van der Waals surface area (Å²) in [6.07, 6.45) is 1.52. The van der Waals surface area contributed by atoms with Crippen LogP contribution in [-0.2, 0) is 0 Å². The minimum Gasteiger partial charge on any atom is -0.389 e. The van der Waals surface area contributed by atoms with Crippen molar-refractivity contribution in [2.24, 2.45) is 11.8 Å². The molecule has 14 heavy (non-hydrogen) atoms. The van der Waals surface area contributed by atoms with Gasteiger partial charge in [0.2, 0.25) is 0 Å². The second-order valence-electron chi connectivity index (χ2n) is 4.97. The molecule has 3 nitrogen and oxygen atoms in total. The van der Waals surface area contributed by atoms with Gasteiger partial charge in [0, 0.05) is 6.04 Å². The molecule has 0 spiro atoms. The third-order valence-corrected chi connectivity index (χ3v) is 3.05. The Morgan fingerprint density at radius 3 is 2.36 bits per heavy atom. The van der Waals surface area contributed by atoms with E-state index in [9.17, 15) is 10.2 Å². The molecule has 84 valence electrons. The monoisotopic (exact) mass is 201 g/mol. The van der Waals surface area contributed by atoms with Crippen molar-refractivity contribution in [1.29, 1.82) is 0 Å². The van der Waals surface area contributed by atoms with Crippen LogP contribution in [0.15, 0.2) is 0 Å². The van der Waals surface area contributed by atoms with E-state index >= 15 is 0 Å². The molecule has 0 aliphatic carbocycles. The first-order valence-corrected chi connectivity index (χ1v) is 5.63. The Kier molecular flexibility index (Phi) is 4.35. The molecule has 0 saturated carbocycles. The Labute approximate surface area is 86.5 Å². The highest BCUT2D eigenvalue weighted by Crippen LogP contribution is 2.22. The van der Waals surface area contributed by atoms with Crippen LogP contribution < -0.4 is 5.32 Å². The normalized spacial score (nSPS) is 36.0. The molecule has 0 radical (unpaired) electrons. The van der Waals surface area contributed by atoms with Gasteiger partial charge in [-0.1, -0.05) is 20.8 Å². The minimum absolute atomic E-state index is 0.357. The van der Waals surface area contributed by atoms with Crippen molar-refractivity contribution in [3.05, 3.63) is 0 Å². The number of aliphatic hydroxyl groups excluding tert-OH is 2. The van der Waals surface area contributed by atoms with Gasteiger partial charge in [0.15, 0.2) is 0 Å². The van der Waals surface area contributed by atoms with Crippen LogP contribution in [0.1, 0.15) is 40.0 Å². The predicted octanol–water partition coefficient (Wildman–Crippen LogP) is 1.10. The summed E-state index contributed by atoms with van der Waals surface area (Å²) in [5, 5.41) is 21.9. The van der Waals surface area contributed by atoms with Crippen LogP contribution in [0.3, 0.4) is 0 Å². The molecule has 3 N–H and O–H groups in total. The number of nitrogens with one attached hydrogen (secondary N) is 1. The molecule has 1 heterocycles. The summed E-state index contributed by atoms with van der Waals surface area (Å²) in [5.41, 5.74) is 0. The van der Waals surface area contributed by atoms with E-state index in [1.807, 2.05) is 0 Å². The minimum atomic E-state index is -0.733. The molecule has 1 aliphatic rings. The van der Waals surface area contributed by atoms with Gasteiger partial charge in [-0.15, -0.1) is 0 Å². The van der Waals surface area contributed by atoms with Gasteiger partial charge in [0.25, 0.3) is 0 Å². The van der Waals surface area contributed by atoms with Crippen molar-refractivity contribution in [3.63, 3.8) is 0 Å². The molecule has 0 amide bonds. The van der Waals surface area contributed by atoms with E-state index in [2.05, 4.69) is 26.1 Å². The van der Waals surface area contributed by atoms with Crippen LogP contribution in [-0.4, -0.2) is 28.6 Å². The molecule has 4 unspecified atom stereocenters. The second-order valence-corrected chi connectivity index (χ2v) is 4.97. The molecule has 0 aromatic heterocycles. The lowest BCUT2D eigenvalue weighted by molar-refractivity contribution is -0.0433. The second kappa shape index (κ2) is 5.10. The molecule has 3 heteroatoms. The summed E-state index contributed by atoms with van der Waals surface area (Å²) in [7, 11) is 0. The maximum Gasteiger partial charge on any atom is 0.131 e. The van der Waals surface area contributed by atoms with Gasteiger partial charge < -0.3 is 10.2 Å². The van der Waals surface area contributed by atoms with Gasteiger partial charge in [0.1, 0.15) is 6.23 Å². The summed E-state index contributed by atoms with van der Waals surface area (Å²) in [4.78, 5) is 0. The number of aliphatic hydroxyl groups is 2. The van der Waals surface area contributed by atoms with Gasteiger partial charge in [-0.2, -0.15) is 0 Å². The third kappa shape index (κ3) is 3.23. The van der Waals surface area contributed by atoms with E-state index < -0.39 is 12.3 Å². The highest BCUT2D eigenvalue weighted by Gasteiger charge is 2.29. The van der Waals surface area contributed by atoms with E-state index in [4.69, 9.17) is 0 Å². The molecule has 0 bridgehead atoms. The summed E-state index contributed by atoms with van der Waals surface area (Å²) >= 11 is 0. The first-order chi connectivity index (χ1) is 6.50. The molecule has 4 atom stereocenters. The summed E-state index contributed by atoms with van der Waals surface area (Å²) in [5.74, 6) is 1.26. The smallest absolute Gasteiger partial charge is 0.131 e. The van der Waals surface area contributed by atoms with Crippen molar-refractivity contribution >= 4 is 0 Å². The molecule has 0 aromatic carbocycles. The first kappa shape index (κ1) is 12.0. The van der Waals surface area contributed by atoms with E-state index in [-0.39, 0.29) is 0 Å². The van der Waals surface area contributed by atoms with Gasteiger partial charge in [-0.3, -0.25) is 5.32 Å². The first-order valence-electron chi connectivity index (χ1n) is 5.63. The van der Waals surface area contributed by atoms with Crippen molar-refractivity contribution in [2.75, 3.05) is 0 Å². The van der Waals surface area contributed by atoms with Crippen molar-refractivity contribution in [3.8, 4) is 0 Å². The van der Waals surface area contributed by atoms with Crippen LogP contribution in [0.25, 0.3) is 0 Å². The molecule has 1 rings (SSSR count). The molecule has 0 aromatic rings. The van der Waals surface area contributed by atoms with Crippen molar-refractivity contribution < 1.29 is 10.2 Å². The standard InChI is InChI=1S/C11H23NO2/c1-7(2)6-8(3)9-4-5-10(13)11(14)12-9/h7-14H,4-6H2,1-3H3. The van der Waals surface area contributed by atoms with Crippen LogP contribution in [0.5, 0.6) is 0 Å². The van der Waals surface area contributed by atoms with Crippen LogP contribution >= 0.6 is 0 Å². The van der Waals surface area contributed by atoms with Crippen molar-refractivity contribution in [1.82, 2.24) is 5.32 Å². The fraction of sp³-hybridized carbons (Fsp3) is 1.00. The largest absolute Gasteiger partial charge is 0.389 e. The Balaban J connectivity index is 2.38. The van der Waals surface area contributed by atoms with Crippen molar-refractivity contribution in [2.45, 2.75) is 58.4 Å². The number of hydrogen-bond acceptors (Lipinski definition) is 3. The number of hydrogen-bond donors (Lipinski definition) is 3. The zero-order valence-corrected chi connectivity index (χ0v) is 9.40. The summed E-state index contributed by atoms with van der Waals surface area (Å²) in [6.45, 7) is 6.64. The predicted molar refractivity (Wildman–Crippen MR) is 56.8 cm³/mol. The highest BCUT2D eigenvalue weighted by atomic mass is 16.3. The van der Waals surface area contributed by atoms with E-state index in [1.165, 1.54) is 6.42 Å². The molecule has 1 fully saturated rings. The van der Waals surface area contributed by atoms with Crippen LogP contribution in [0, 0.1) is 11.8 Å². The van der Waals surface area contributed by atoms with E-state index in [1.54, 1.807) is 0 Å². The maximum absolute atomic E-state index is 9.47. The summed E-state index contributed by atoms with van der Waals surface area (Å²) in [6, 6.07) is 0.357. The van der Waals surface area contributed by atoms with Gasteiger partial charge >= 0.3 is 0 Å². The average molecular weight is 201 g/mol. The number of piperidine rings is 1. The quantitative estimate of drug-likeness (QED) is 0.641. The molecular formula is C11H23NO2. The third-order valence-electron chi connectivity index (χ3n) is 3.05. The Morgan fingerprint density at radius 2 is 1.86 bits per heavy atom. The highest BCUT2D eigenvalue weighted by molar-refractivity contribution is 4.84. The maximum atomic E-state index is 9.47. The van der Waals surface area contributed by atoms with Gasteiger partial charge in [-0.05, 0) is 31.1 Å². The fourth-order valence-electron chi connectivity index (χ4n) is 2.28. The van der Waals surface area contributed by atoms with Crippen LogP contribution in [0.2, 0.25) is 0 Å². The zero-order chi connectivity index (χ0) is 10.7. The van der Waals surface area contributed by atoms with Crippen LogP contribution in [0.4, 0.5) is 0 Å². The van der Waals surface area contributed by atoms with E-state index in [0.717, 1.165) is 6.42 Å². The Morgan fingerprint density at radius 1 is 1.21 bits per heavy atom. The molecular weight excluding hydrogens is 178 g/mol. The Bertz CT molecular complexity index is 173. The van der Waals surface area contributed by atoms with E-state index in [0.29, 0.717) is 24.3 Å². The average Bonchev–Trinajstić information content (AvgIpc) is 2.08. The Hall–Kier alpha value is -0.120. The molecule has 1 aliphatic heterocycles. The van der Waals surface area contributed by atoms with Gasteiger partial charge in [-0.25, -0.2) is 0 Å². The zero-order valence-electron chi connectivity index (χ0n) is 9.40. The topological polar surface area (TPSA) is 52.5 Å². The lowest BCUT2D eigenvalue weighted by Gasteiger charge is -2.35. The number of rotatable bonds is 3. The van der Waals surface area contributed by atoms with Gasteiger partial charge in [0.05, 0.1) is 6.10 Å². The SMILES string of the molecule is CC(C)CC(C)C1CCC(O)C(O)N1. The molecule has 1 saturated heterocycles. The summed E-state index contributed by atoms with van der Waals surface area (Å²) < 4.78 is 0.